The zero-order chi connectivity index (χ0) is 12.5. The Morgan fingerprint density at radius 1 is 1.59 bits per heavy atom. The van der Waals surface area contributed by atoms with E-state index < -0.39 is 5.41 Å². The maximum Gasteiger partial charge on any atom is 0.236 e. The number of rotatable bonds is 3. The zero-order valence-corrected chi connectivity index (χ0v) is 10.1. The molecule has 0 bridgehead atoms. The van der Waals surface area contributed by atoms with Gasteiger partial charge in [-0.1, -0.05) is 11.6 Å². The molecule has 1 amide bonds. The fourth-order valence-corrected chi connectivity index (χ4v) is 2.54. The van der Waals surface area contributed by atoms with Crippen molar-refractivity contribution in [1.29, 1.82) is 0 Å². The van der Waals surface area contributed by atoms with Crippen molar-refractivity contribution in [3.8, 4) is 0 Å². The number of hydrogen-bond acceptors (Lipinski definition) is 4. The summed E-state index contributed by atoms with van der Waals surface area (Å²) in [6.07, 6.45) is 3.13. The van der Waals surface area contributed by atoms with Gasteiger partial charge in [-0.05, 0) is 19.3 Å². The lowest BCUT2D eigenvalue weighted by atomic mass is 9.66. The van der Waals surface area contributed by atoms with E-state index in [9.17, 15) is 4.79 Å². The molecular weight excluding hydrogens is 222 g/mol. The summed E-state index contributed by atoms with van der Waals surface area (Å²) in [7, 11) is 1.77. The molecule has 0 aromatic heterocycles. The van der Waals surface area contributed by atoms with Gasteiger partial charge in [0.05, 0.1) is 12.6 Å². The Balaban J connectivity index is 2.12. The van der Waals surface area contributed by atoms with E-state index in [4.69, 9.17) is 15.7 Å². The summed E-state index contributed by atoms with van der Waals surface area (Å²) in [4.78, 5) is 14.1. The fraction of sp³-hybridized carbons (Fsp3) is 0.818. The quantitative estimate of drug-likeness (QED) is 0.318. The average molecular weight is 241 g/mol. The van der Waals surface area contributed by atoms with Gasteiger partial charge in [-0.3, -0.25) is 4.79 Å². The number of carbonyl (C=O) groups is 1. The largest absolute Gasteiger partial charge is 0.409 e. The van der Waals surface area contributed by atoms with Crippen molar-refractivity contribution in [3.05, 3.63) is 0 Å². The molecule has 1 unspecified atom stereocenters. The van der Waals surface area contributed by atoms with Gasteiger partial charge in [-0.15, -0.1) is 0 Å². The Morgan fingerprint density at radius 3 is 2.71 bits per heavy atom. The van der Waals surface area contributed by atoms with E-state index in [1.807, 2.05) is 0 Å². The Bertz CT molecular complexity index is 333. The van der Waals surface area contributed by atoms with Gasteiger partial charge in [0.25, 0.3) is 0 Å². The molecule has 1 aliphatic carbocycles. The third-order valence-electron chi connectivity index (χ3n) is 3.99. The third kappa shape index (κ3) is 1.86. The highest BCUT2D eigenvalue weighted by Gasteiger charge is 2.50. The van der Waals surface area contributed by atoms with Gasteiger partial charge < -0.3 is 20.6 Å². The van der Waals surface area contributed by atoms with Crippen molar-refractivity contribution in [2.75, 3.05) is 20.3 Å². The molecule has 96 valence electrons. The van der Waals surface area contributed by atoms with Crippen LogP contribution in [0.15, 0.2) is 5.16 Å². The molecule has 0 spiro atoms. The molecule has 17 heavy (non-hydrogen) atoms. The Hall–Kier alpha value is -1.30. The number of hydrogen-bond donors (Lipinski definition) is 2. The lowest BCUT2D eigenvalue weighted by Gasteiger charge is -2.42. The van der Waals surface area contributed by atoms with Crippen LogP contribution in [0.25, 0.3) is 0 Å². The highest BCUT2D eigenvalue weighted by molar-refractivity contribution is 6.07. The van der Waals surface area contributed by atoms with E-state index in [1.165, 1.54) is 0 Å². The Kier molecular flexibility index (Phi) is 3.24. The number of ether oxygens (including phenoxy) is 1. The molecule has 1 atom stereocenters. The molecule has 1 saturated carbocycles. The summed E-state index contributed by atoms with van der Waals surface area (Å²) in [5.41, 5.74) is 4.90. The zero-order valence-electron chi connectivity index (χ0n) is 10.1. The molecule has 2 fully saturated rings. The monoisotopic (exact) mass is 241 g/mol. The summed E-state index contributed by atoms with van der Waals surface area (Å²) < 4.78 is 5.27. The maximum atomic E-state index is 12.4. The van der Waals surface area contributed by atoms with Gasteiger partial charge in [0.1, 0.15) is 5.41 Å². The normalized spacial score (nSPS) is 27.6. The predicted molar refractivity (Wildman–Crippen MR) is 61.7 cm³/mol. The number of carbonyl (C=O) groups excluding carboxylic acids is 1. The first-order valence-corrected chi connectivity index (χ1v) is 5.95. The fourth-order valence-electron chi connectivity index (χ4n) is 2.54. The summed E-state index contributed by atoms with van der Waals surface area (Å²) >= 11 is 0. The third-order valence-corrected chi connectivity index (χ3v) is 3.99. The summed E-state index contributed by atoms with van der Waals surface area (Å²) in [6, 6.07) is 0.117. The number of amidine groups is 1. The van der Waals surface area contributed by atoms with E-state index in [2.05, 4.69) is 5.16 Å². The van der Waals surface area contributed by atoms with Crippen molar-refractivity contribution >= 4 is 11.7 Å². The lowest BCUT2D eigenvalue weighted by Crippen LogP contribution is -2.56. The van der Waals surface area contributed by atoms with Crippen LogP contribution in [0.5, 0.6) is 0 Å². The van der Waals surface area contributed by atoms with E-state index >= 15 is 0 Å². The minimum atomic E-state index is -0.772. The molecule has 6 nitrogen and oxygen atoms in total. The number of nitrogens with two attached hydrogens (primary N) is 1. The summed E-state index contributed by atoms with van der Waals surface area (Å²) in [6.45, 7) is 1.27. The number of amides is 1. The van der Waals surface area contributed by atoms with Crippen molar-refractivity contribution < 1.29 is 14.7 Å². The lowest BCUT2D eigenvalue weighted by molar-refractivity contribution is -0.143. The second-order valence-corrected chi connectivity index (χ2v) is 4.85. The molecule has 2 aliphatic rings. The van der Waals surface area contributed by atoms with Crippen LogP contribution in [-0.4, -0.2) is 48.2 Å². The van der Waals surface area contributed by atoms with Gasteiger partial charge >= 0.3 is 0 Å². The van der Waals surface area contributed by atoms with Crippen LogP contribution >= 0.6 is 0 Å². The Morgan fingerprint density at radius 2 is 2.29 bits per heavy atom. The van der Waals surface area contributed by atoms with Crippen molar-refractivity contribution in [2.24, 2.45) is 16.3 Å². The number of oxime groups is 1. The number of likely N-dealkylation sites (N-methyl/N-ethyl adjacent to an activating group) is 1. The van der Waals surface area contributed by atoms with Gasteiger partial charge in [-0.25, -0.2) is 0 Å². The van der Waals surface area contributed by atoms with Crippen LogP contribution in [0.4, 0.5) is 0 Å². The minimum Gasteiger partial charge on any atom is -0.409 e. The highest BCUT2D eigenvalue weighted by atomic mass is 16.5. The van der Waals surface area contributed by atoms with E-state index in [0.717, 1.165) is 12.8 Å². The summed E-state index contributed by atoms with van der Waals surface area (Å²) in [5, 5.41) is 11.8. The molecule has 2 rings (SSSR count). The average Bonchev–Trinajstić information content (AvgIpc) is 2.79. The number of nitrogens with zero attached hydrogens (tertiary/aromatic N) is 2. The van der Waals surface area contributed by atoms with Crippen LogP contribution < -0.4 is 5.73 Å². The van der Waals surface area contributed by atoms with E-state index in [0.29, 0.717) is 26.1 Å². The second-order valence-electron chi connectivity index (χ2n) is 4.85. The van der Waals surface area contributed by atoms with Gasteiger partial charge in [-0.2, -0.15) is 0 Å². The van der Waals surface area contributed by atoms with Gasteiger partial charge in [0, 0.05) is 13.7 Å². The van der Waals surface area contributed by atoms with Crippen LogP contribution in [0.1, 0.15) is 25.7 Å². The molecular formula is C11H19N3O3. The minimum absolute atomic E-state index is 0.0412. The SMILES string of the molecule is CN(C(=O)C1(C(N)=NO)CCC1)C1CCOC1. The molecule has 1 aliphatic heterocycles. The first kappa shape index (κ1) is 12.2. The topological polar surface area (TPSA) is 88.2 Å². The van der Waals surface area contributed by atoms with E-state index in [-0.39, 0.29) is 17.8 Å². The van der Waals surface area contributed by atoms with Crippen LogP contribution in [-0.2, 0) is 9.53 Å². The van der Waals surface area contributed by atoms with Crippen LogP contribution in [0.3, 0.4) is 0 Å². The van der Waals surface area contributed by atoms with Crippen molar-refractivity contribution in [2.45, 2.75) is 31.7 Å². The smallest absolute Gasteiger partial charge is 0.236 e. The van der Waals surface area contributed by atoms with Crippen LogP contribution in [0.2, 0.25) is 0 Å². The van der Waals surface area contributed by atoms with Crippen molar-refractivity contribution in [1.82, 2.24) is 4.90 Å². The molecule has 1 heterocycles. The van der Waals surface area contributed by atoms with Gasteiger partial charge in [0.2, 0.25) is 5.91 Å². The molecule has 1 saturated heterocycles. The molecule has 6 heteroatoms. The van der Waals surface area contributed by atoms with E-state index in [1.54, 1.807) is 11.9 Å². The predicted octanol–water partition coefficient (Wildman–Crippen LogP) is 0.150. The standard InChI is InChI=1S/C11H19N3O3/c1-14(8-3-6-17-7-8)10(15)11(4-2-5-11)9(12)13-16/h8,16H,2-7H2,1H3,(H2,12,13). The highest BCUT2D eigenvalue weighted by Crippen LogP contribution is 2.43. The first-order chi connectivity index (χ1) is 8.12. The molecule has 3 N–H and O–H groups in total. The van der Waals surface area contributed by atoms with Crippen molar-refractivity contribution in [3.63, 3.8) is 0 Å². The van der Waals surface area contributed by atoms with Crippen LogP contribution in [0, 0.1) is 5.41 Å². The maximum absolute atomic E-state index is 12.4. The van der Waals surface area contributed by atoms with Gasteiger partial charge in [0.15, 0.2) is 5.84 Å². The Labute approximate surface area is 100 Å². The second kappa shape index (κ2) is 4.52. The first-order valence-electron chi connectivity index (χ1n) is 5.95. The molecule has 0 aromatic rings. The molecule has 0 aromatic carbocycles. The summed E-state index contributed by atoms with van der Waals surface area (Å²) in [5.74, 6) is -0.00550. The molecule has 0 radical (unpaired) electrons.